The molecule has 0 heterocycles. The Balaban J connectivity index is 5.33. The molecule has 1 amide bonds. The van der Waals surface area contributed by atoms with Crippen molar-refractivity contribution < 1.29 is 22.9 Å². The summed E-state index contributed by atoms with van der Waals surface area (Å²) < 4.78 is 31.1. The summed E-state index contributed by atoms with van der Waals surface area (Å²) >= 11 is 0. The van der Waals surface area contributed by atoms with Crippen LogP contribution in [-0.2, 0) is 14.9 Å². The van der Waals surface area contributed by atoms with Gasteiger partial charge in [-0.25, -0.2) is 0 Å². The minimum absolute atomic E-state index is 0.143. The maximum Gasteiger partial charge on any atom is 0.267 e. The molecule has 22 heavy (non-hydrogen) atoms. The molecule has 6 nitrogen and oxygen atoms in total. The Kier molecular flexibility index (Phi) is 6.64. The van der Waals surface area contributed by atoms with Crippen LogP contribution in [0.2, 0.25) is 0 Å². The van der Waals surface area contributed by atoms with Crippen molar-refractivity contribution in [1.82, 2.24) is 5.32 Å². The molecule has 3 N–H and O–H groups in total. The van der Waals surface area contributed by atoms with Crippen molar-refractivity contribution in [3.63, 3.8) is 0 Å². The average molecular weight is 337 g/mol. The third kappa shape index (κ3) is 6.62. The first-order valence-electron chi connectivity index (χ1n) is 7.50. The Labute approximate surface area is 134 Å². The van der Waals surface area contributed by atoms with Gasteiger partial charge in [-0.3, -0.25) is 9.35 Å². The highest BCUT2D eigenvalue weighted by atomic mass is 32.2. The highest BCUT2D eigenvalue weighted by Gasteiger charge is 2.44. The largest absolute Gasteiger partial charge is 0.392 e. The van der Waals surface area contributed by atoms with Crippen molar-refractivity contribution in [3.05, 3.63) is 0 Å². The second kappa shape index (κ2) is 6.84. The Morgan fingerprint density at radius 1 is 1.18 bits per heavy atom. The highest BCUT2D eigenvalue weighted by molar-refractivity contribution is 7.85. The van der Waals surface area contributed by atoms with E-state index in [1.165, 1.54) is 13.8 Å². The number of nitrogens with one attached hydrogen (secondary N) is 1. The average Bonchev–Trinajstić information content (AvgIpc) is 2.23. The molecule has 0 fully saturated rings. The smallest absolute Gasteiger partial charge is 0.267 e. The number of rotatable bonds is 8. The predicted octanol–water partition coefficient (Wildman–Crippen LogP) is 1.98. The first-order chi connectivity index (χ1) is 9.55. The van der Waals surface area contributed by atoms with Crippen LogP contribution in [0.4, 0.5) is 0 Å². The van der Waals surface area contributed by atoms with Crippen molar-refractivity contribution in [2.75, 3.05) is 5.75 Å². The van der Waals surface area contributed by atoms with E-state index in [-0.39, 0.29) is 5.41 Å². The van der Waals surface area contributed by atoms with Crippen molar-refractivity contribution in [1.29, 1.82) is 0 Å². The molecule has 0 saturated carbocycles. The van der Waals surface area contributed by atoms with E-state index in [1.54, 1.807) is 13.8 Å². The van der Waals surface area contributed by atoms with E-state index in [4.69, 9.17) is 4.55 Å². The van der Waals surface area contributed by atoms with Crippen LogP contribution < -0.4 is 5.32 Å². The first kappa shape index (κ1) is 21.3. The van der Waals surface area contributed by atoms with Crippen LogP contribution >= 0.6 is 0 Å². The minimum Gasteiger partial charge on any atom is -0.392 e. The third-order valence-electron chi connectivity index (χ3n) is 4.24. The van der Waals surface area contributed by atoms with Crippen molar-refractivity contribution in [2.45, 2.75) is 73.0 Å². The number of aliphatic hydroxyl groups excluding tert-OH is 1. The van der Waals surface area contributed by atoms with Crippen LogP contribution in [0.15, 0.2) is 0 Å². The SMILES string of the molecule is CCC(C)(C)CC(C)(C(=O)NC(C)(C)CS(=O)(=O)O)C(C)O. The van der Waals surface area contributed by atoms with Gasteiger partial charge in [0.15, 0.2) is 0 Å². The summed E-state index contributed by atoms with van der Waals surface area (Å²) in [7, 11) is -4.21. The van der Waals surface area contributed by atoms with Crippen molar-refractivity contribution in [3.8, 4) is 0 Å². The first-order valence-corrected chi connectivity index (χ1v) is 9.11. The molecular formula is C15H31NO5S. The molecule has 0 bridgehead atoms. The summed E-state index contributed by atoms with van der Waals surface area (Å²) in [5.74, 6) is -1.00. The van der Waals surface area contributed by atoms with Gasteiger partial charge in [-0.2, -0.15) is 8.42 Å². The summed E-state index contributed by atoms with van der Waals surface area (Å²) in [5.41, 5.74) is -2.32. The lowest BCUT2D eigenvalue weighted by atomic mass is 9.69. The summed E-state index contributed by atoms with van der Waals surface area (Å²) in [6, 6.07) is 0. The Morgan fingerprint density at radius 2 is 1.64 bits per heavy atom. The molecule has 2 atom stereocenters. The molecule has 0 aromatic rings. The number of aliphatic hydroxyl groups is 1. The second-order valence-electron chi connectivity index (χ2n) is 7.85. The zero-order valence-electron chi connectivity index (χ0n) is 14.7. The molecule has 0 aliphatic heterocycles. The fourth-order valence-corrected chi connectivity index (χ4v) is 3.46. The quantitative estimate of drug-likeness (QED) is 0.588. The molecule has 7 heteroatoms. The molecular weight excluding hydrogens is 306 g/mol. The molecule has 0 saturated heterocycles. The Hall–Kier alpha value is -0.660. The van der Waals surface area contributed by atoms with E-state index >= 15 is 0 Å². The van der Waals surface area contributed by atoms with Gasteiger partial charge in [0.1, 0.15) is 0 Å². The topological polar surface area (TPSA) is 104 Å². The van der Waals surface area contributed by atoms with Crippen molar-refractivity contribution in [2.24, 2.45) is 10.8 Å². The van der Waals surface area contributed by atoms with Crippen LogP contribution in [0.3, 0.4) is 0 Å². The number of hydrogen-bond donors (Lipinski definition) is 3. The molecule has 0 aromatic carbocycles. The van der Waals surface area contributed by atoms with E-state index in [9.17, 15) is 18.3 Å². The standard InChI is InChI=1S/C15H31NO5S/c1-8-13(3,4)9-15(7,11(2)17)12(18)16-14(5,6)10-22(19,20)21/h11,17H,8-10H2,1-7H3,(H,16,18)(H,19,20,21). The number of amides is 1. The summed E-state index contributed by atoms with van der Waals surface area (Å²) in [6.07, 6.45) is 0.416. The molecule has 0 aromatic heterocycles. The van der Waals surface area contributed by atoms with Gasteiger partial charge in [0.2, 0.25) is 5.91 Å². The van der Waals surface area contributed by atoms with E-state index < -0.39 is 38.8 Å². The van der Waals surface area contributed by atoms with Crippen LogP contribution in [0.5, 0.6) is 0 Å². The number of carbonyl (C=O) groups excluding carboxylic acids is 1. The lowest BCUT2D eigenvalue weighted by Crippen LogP contribution is -2.56. The maximum absolute atomic E-state index is 12.7. The van der Waals surface area contributed by atoms with Gasteiger partial charge in [-0.15, -0.1) is 0 Å². The summed E-state index contributed by atoms with van der Waals surface area (Å²) in [4.78, 5) is 12.7. The van der Waals surface area contributed by atoms with Crippen LogP contribution in [-0.4, -0.2) is 41.4 Å². The minimum atomic E-state index is -4.21. The van der Waals surface area contributed by atoms with Gasteiger partial charge in [0.25, 0.3) is 10.1 Å². The summed E-state index contributed by atoms with van der Waals surface area (Å²) in [5, 5.41) is 12.7. The molecule has 0 aliphatic carbocycles. The van der Waals surface area contributed by atoms with E-state index in [1.807, 2.05) is 20.8 Å². The highest BCUT2D eigenvalue weighted by Crippen LogP contribution is 2.39. The molecule has 132 valence electrons. The van der Waals surface area contributed by atoms with Crippen LogP contribution in [0, 0.1) is 10.8 Å². The van der Waals surface area contributed by atoms with Gasteiger partial charge in [-0.05, 0) is 39.5 Å². The monoisotopic (exact) mass is 337 g/mol. The third-order valence-corrected chi connectivity index (χ3v) is 5.33. The predicted molar refractivity (Wildman–Crippen MR) is 87.1 cm³/mol. The van der Waals surface area contributed by atoms with E-state index in [0.717, 1.165) is 6.42 Å². The van der Waals surface area contributed by atoms with Gasteiger partial charge in [-0.1, -0.05) is 27.2 Å². The Bertz CT molecular complexity index is 496. The summed E-state index contributed by atoms with van der Waals surface area (Å²) in [6.45, 7) is 12.3. The fraction of sp³-hybridized carbons (Fsp3) is 0.933. The van der Waals surface area contributed by atoms with Gasteiger partial charge in [0, 0.05) is 0 Å². The second-order valence-corrected chi connectivity index (χ2v) is 9.30. The Morgan fingerprint density at radius 3 is 1.95 bits per heavy atom. The lowest BCUT2D eigenvalue weighted by molar-refractivity contribution is -0.140. The van der Waals surface area contributed by atoms with Crippen LogP contribution in [0.1, 0.15) is 61.3 Å². The lowest BCUT2D eigenvalue weighted by Gasteiger charge is -2.40. The molecule has 0 spiro atoms. The molecule has 0 aliphatic rings. The molecule has 2 unspecified atom stereocenters. The van der Waals surface area contributed by atoms with E-state index in [2.05, 4.69) is 5.32 Å². The van der Waals surface area contributed by atoms with Gasteiger partial charge in [0.05, 0.1) is 22.8 Å². The number of hydrogen-bond acceptors (Lipinski definition) is 4. The van der Waals surface area contributed by atoms with Gasteiger partial charge < -0.3 is 10.4 Å². The maximum atomic E-state index is 12.7. The zero-order chi connectivity index (χ0) is 18.0. The van der Waals surface area contributed by atoms with Crippen molar-refractivity contribution >= 4 is 16.0 Å². The zero-order valence-corrected chi connectivity index (χ0v) is 15.5. The number of carbonyl (C=O) groups is 1. The molecule has 0 rings (SSSR count). The molecule has 0 radical (unpaired) electrons. The normalized spacial score (nSPS) is 17.7. The van der Waals surface area contributed by atoms with E-state index in [0.29, 0.717) is 6.42 Å². The van der Waals surface area contributed by atoms with Crippen LogP contribution in [0.25, 0.3) is 0 Å². The van der Waals surface area contributed by atoms with Gasteiger partial charge >= 0.3 is 0 Å². The fourth-order valence-electron chi connectivity index (χ4n) is 2.48.